The summed E-state index contributed by atoms with van der Waals surface area (Å²) in [7, 11) is 0. The monoisotopic (exact) mass is 268 g/mol. The zero-order chi connectivity index (χ0) is 11.4. The van der Waals surface area contributed by atoms with Crippen LogP contribution >= 0.6 is 15.9 Å². The Labute approximate surface area is 97.8 Å². The first-order valence-electron chi connectivity index (χ1n) is 4.87. The first-order chi connectivity index (χ1) is 7.11. The highest BCUT2D eigenvalue weighted by Gasteiger charge is 2.18. The Balaban J connectivity index is 3.34. The van der Waals surface area contributed by atoms with Crippen LogP contribution in [0.4, 0.5) is 0 Å². The number of ketones is 1. The van der Waals surface area contributed by atoms with Crippen molar-refractivity contribution in [3.8, 4) is 0 Å². The van der Waals surface area contributed by atoms with Gasteiger partial charge < -0.3 is 0 Å². The van der Waals surface area contributed by atoms with Gasteiger partial charge in [0, 0.05) is 11.1 Å². The van der Waals surface area contributed by atoms with Crippen LogP contribution in [0.3, 0.4) is 0 Å². The Hall–Kier alpha value is -0.960. The molecule has 0 fully saturated rings. The van der Waals surface area contributed by atoms with Gasteiger partial charge in [-0.3, -0.25) is 9.59 Å². The summed E-state index contributed by atoms with van der Waals surface area (Å²) < 4.78 is 0. The average molecular weight is 269 g/mol. The molecule has 1 aromatic carbocycles. The molecule has 0 aliphatic carbocycles. The van der Waals surface area contributed by atoms with Gasteiger partial charge in [0.1, 0.15) is 0 Å². The second-order valence-electron chi connectivity index (χ2n) is 3.33. The fourth-order valence-corrected chi connectivity index (χ4v) is 1.74. The first-order valence-corrected chi connectivity index (χ1v) is 5.78. The SMILES string of the molecule is CCc1cccc(C=O)c1C(=O)C(C)Br. The van der Waals surface area contributed by atoms with Crippen LogP contribution in [-0.4, -0.2) is 16.9 Å². The third-order valence-corrected chi connectivity index (χ3v) is 2.71. The van der Waals surface area contributed by atoms with Gasteiger partial charge in [0.05, 0.1) is 4.83 Å². The zero-order valence-electron chi connectivity index (χ0n) is 8.79. The van der Waals surface area contributed by atoms with Crippen LogP contribution in [0.15, 0.2) is 18.2 Å². The van der Waals surface area contributed by atoms with E-state index in [0.717, 1.165) is 18.3 Å². The molecule has 0 bridgehead atoms. The van der Waals surface area contributed by atoms with Crippen LogP contribution in [0.1, 0.15) is 40.1 Å². The minimum atomic E-state index is -0.260. The lowest BCUT2D eigenvalue weighted by Crippen LogP contribution is -2.15. The van der Waals surface area contributed by atoms with Crippen molar-refractivity contribution in [1.82, 2.24) is 0 Å². The molecule has 1 unspecified atom stereocenters. The lowest BCUT2D eigenvalue weighted by Gasteiger charge is -2.10. The molecule has 80 valence electrons. The summed E-state index contributed by atoms with van der Waals surface area (Å²) in [6.07, 6.45) is 1.49. The van der Waals surface area contributed by atoms with E-state index in [9.17, 15) is 9.59 Å². The molecule has 0 aliphatic heterocycles. The summed E-state index contributed by atoms with van der Waals surface area (Å²) in [6, 6.07) is 5.36. The Morgan fingerprint density at radius 2 is 2.20 bits per heavy atom. The Kier molecular flexibility index (Phi) is 4.21. The van der Waals surface area contributed by atoms with Crippen LogP contribution in [0.2, 0.25) is 0 Å². The van der Waals surface area contributed by atoms with Crippen molar-refractivity contribution in [2.24, 2.45) is 0 Å². The molecule has 1 atom stereocenters. The Morgan fingerprint density at radius 3 is 2.67 bits per heavy atom. The van der Waals surface area contributed by atoms with Crippen molar-refractivity contribution in [3.63, 3.8) is 0 Å². The molecule has 0 radical (unpaired) electrons. The van der Waals surface area contributed by atoms with Crippen molar-refractivity contribution in [2.45, 2.75) is 25.1 Å². The average Bonchev–Trinajstić information content (AvgIpc) is 2.26. The molecule has 0 aromatic heterocycles. The molecular weight excluding hydrogens is 256 g/mol. The van der Waals surface area contributed by atoms with Gasteiger partial charge in [0.25, 0.3) is 0 Å². The minimum Gasteiger partial charge on any atom is -0.298 e. The molecule has 0 saturated heterocycles. The summed E-state index contributed by atoms with van der Waals surface area (Å²) in [5, 5.41) is 0. The van der Waals surface area contributed by atoms with Gasteiger partial charge in [-0.25, -0.2) is 0 Å². The number of hydrogen-bond donors (Lipinski definition) is 0. The van der Waals surface area contributed by atoms with Crippen LogP contribution in [0, 0.1) is 0 Å². The predicted octanol–water partition coefficient (Wildman–Crippen LogP) is 3.03. The Morgan fingerprint density at radius 1 is 1.53 bits per heavy atom. The van der Waals surface area contributed by atoms with E-state index in [0.29, 0.717) is 11.1 Å². The number of aryl methyl sites for hydroxylation is 1. The van der Waals surface area contributed by atoms with E-state index in [1.54, 1.807) is 19.1 Å². The standard InChI is InChI=1S/C12H13BrO2/c1-3-9-5-4-6-10(7-14)11(9)12(15)8(2)13/h4-8H,3H2,1-2H3. The van der Waals surface area contributed by atoms with Crippen LogP contribution in [-0.2, 0) is 6.42 Å². The van der Waals surface area contributed by atoms with E-state index >= 15 is 0 Å². The summed E-state index contributed by atoms with van der Waals surface area (Å²) >= 11 is 3.24. The second kappa shape index (κ2) is 5.21. The minimum absolute atomic E-state index is 0.0328. The van der Waals surface area contributed by atoms with Crippen LogP contribution < -0.4 is 0 Å². The second-order valence-corrected chi connectivity index (χ2v) is 4.71. The molecule has 2 nitrogen and oxygen atoms in total. The smallest absolute Gasteiger partial charge is 0.177 e. The lowest BCUT2D eigenvalue weighted by molar-refractivity contribution is 0.0988. The van der Waals surface area contributed by atoms with Gasteiger partial charge in [0.15, 0.2) is 12.1 Å². The van der Waals surface area contributed by atoms with E-state index in [1.165, 1.54) is 0 Å². The van der Waals surface area contributed by atoms with Crippen molar-refractivity contribution in [3.05, 3.63) is 34.9 Å². The quantitative estimate of drug-likeness (QED) is 0.478. The van der Waals surface area contributed by atoms with Gasteiger partial charge in [-0.2, -0.15) is 0 Å². The lowest BCUT2D eigenvalue weighted by atomic mass is 9.95. The van der Waals surface area contributed by atoms with Gasteiger partial charge in [-0.15, -0.1) is 0 Å². The normalized spacial score (nSPS) is 12.2. The predicted molar refractivity (Wildman–Crippen MR) is 63.9 cm³/mol. The first kappa shape index (κ1) is 12.1. The molecule has 0 N–H and O–H groups in total. The molecule has 1 aromatic rings. The number of aldehydes is 1. The Bertz CT molecular complexity index is 383. The maximum Gasteiger partial charge on any atom is 0.177 e. The van der Waals surface area contributed by atoms with Crippen molar-refractivity contribution in [2.75, 3.05) is 0 Å². The molecule has 0 amide bonds. The number of halogens is 1. The van der Waals surface area contributed by atoms with Crippen LogP contribution in [0.25, 0.3) is 0 Å². The molecule has 0 saturated carbocycles. The molecule has 0 spiro atoms. The van der Waals surface area contributed by atoms with E-state index in [2.05, 4.69) is 15.9 Å². The molecule has 15 heavy (non-hydrogen) atoms. The highest BCUT2D eigenvalue weighted by molar-refractivity contribution is 9.10. The molecule has 0 heterocycles. The number of rotatable bonds is 4. The molecule has 1 rings (SSSR count). The fourth-order valence-electron chi connectivity index (χ4n) is 1.51. The summed E-state index contributed by atoms with van der Waals surface area (Å²) in [5.41, 5.74) is 1.96. The van der Waals surface area contributed by atoms with Gasteiger partial charge >= 0.3 is 0 Å². The van der Waals surface area contributed by atoms with Gasteiger partial charge in [0.2, 0.25) is 0 Å². The van der Waals surface area contributed by atoms with E-state index in [1.807, 2.05) is 13.0 Å². The number of hydrogen-bond acceptors (Lipinski definition) is 2. The van der Waals surface area contributed by atoms with Crippen molar-refractivity contribution in [1.29, 1.82) is 0 Å². The van der Waals surface area contributed by atoms with E-state index < -0.39 is 0 Å². The summed E-state index contributed by atoms with van der Waals surface area (Å²) in [6.45, 7) is 3.74. The number of alkyl halides is 1. The highest BCUT2D eigenvalue weighted by atomic mass is 79.9. The summed E-state index contributed by atoms with van der Waals surface area (Å²) in [5.74, 6) is -0.0328. The maximum absolute atomic E-state index is 11.9. The van der Waals surface area contributed by atoms with Gasteiger partial charge in [-0.1, -0.05) is 41.1 Å². The third kappa shape index (κ3) is 2.53. The number of benzene rings is 1. The topological polar surface area (TPSA) is 34.1 Å². The number of Topliss-reactive ketones (excluding diaryl/α,β-unsaturated/α-hetero) is 1. The van der Waals surface area contributed by atoms with Crippen molar-refractivity contribution < 1.29 is 9.59 Å². The highest BCUT2D eigenvalue weighted by Crippen LogP contribution is 2.19. The largest absolute Gasteiger partial charge is 0.298 e. The van der Waals surface area contributed by atoms with Crippen molar-refractivity contribution >= 4 is 28.0 Å². The fraction of sp³-hybridized carbons (Fsp3) is 0.333. The number of carbonyl (C=O) groups excluding carboxylic acids is 2. The molecule has 3 heteroatoms. The van der Waals surface area contributed by atoms with E-state index in [4.69, 9.17) is 0 Å². The number of carbonyl (C=O) groups is 2. The molecule has 0 aliphatic rings. The molecular formula is C12H13BrO2. The third-order valence-electron chi connectivity index (χ3n) is 2.30. The van der Waals surface area contributed by atoms with Crippen LogP contribution in [0.5, 0.6) is 0 Å². The van der Waals surface area contributed by atoms with Gasteiger partial charge in [-0.05, 0) is 18.9 Å². The zero-order valence-corrected chi connectivity index (χ0v) is 10.4. The summed E-state index contributed by atoms with van der Waals surface area (Å²) in [4.78, 5) is 22.5. The maximum atomic E-state index is 11.9. The van der Waals surface area contributed by atoms with E-state index in [-0.39, 0.29) is 10.6 Å².